The van der Waals surface area contributed by atoms with Gasteiger partial charge in [0.25, 0.3) is 0 Å². The first-order valence-corrected chi connectivity index (χ1v) is 5.67. The highest BCUT2D eigenvalue weighted by Gasteiger charge is 2.01. The van der Waals surface area contributed by atoms with Gasteiger partial charge in [0.05, 0.1) is 0 Å². The monoisotopic (exact) mass is 180 g/mol. The predicted molar refractivity (Wildman–Crippen MR) is 55.7 cm³/mol. The topological polar surface area (TPSA) is 9.23 Å². The van der Waals surface area contributed by atoms with E-state index >= 15 is 0 Å². The Labute approximate surface area is 76.7 Å². The van der Waals surface area contributed by atoms with E-state index in [0.717, 1.165) is 6.61 Å². The van der Waals surface area contributed by atoms with Crippen molar-refractivity contribution in [2.45, 2.75) is 20.8 Å². The van der Waals surface area contributed by atoms with Crippen LogP contribution in [0.5, 0.6) is 0 Å². The van der Waals surface area contributed by atoms with Crippen LogP contribution in [0.4, 0.5) is 0 Å². The highest BCUT2D eigenvalue weighted by Crippen LogP contribution is 1.98. The lowest BCUT2D eigenvalue weighted by atomic mass is 10.2. The fourth-order valence-corrected chi connectivity index (χ4v) is 2.38. The molecule has 0 heterocycles. The second kappa shape index (κ2) is 4.43. The van der Waals surface area contributed by atoms with Crippen molar-refractivity contribution in [2.24, 2.45) is 0 Å². The maximum Gasteiger partial charge on any atom is 0.192 e. The van der Waals surface area contributed by atoms with Gasteiger partial charge < -0.3 is 4.43 Å². The van der Waals surface area contributed by atoms with Crippen LogP contribution < -0.4 is 5.19 Å². The van der Waals surface area contributed by atoms with E-state index in [0.29, 0.717) is 0 Å². The minimum absolute atomic E-state index is 0.469. The Kier molecular flexibility index (Phi) is 3.50. The van der Waals surface area contributed by atoms with E-state index in [4.69, 9.17) is 4.43 Å². The summed E-state index contributed by atoms with van der Waals surface area (Å²) in [7, 11) is -0.469. The molecule has 1 aromatic carbocycles. The standard InChI is InChI=1S/C10H16OSi/c1-4-11-12-10-8(2)6-5-7-9(10)3/h5-7H,4,12H2,1-3H3. The molecular weight excluding hydrogens is 164 g/mol. The molecular formula is C10H16OSi. The van der Waals surface area contributed by atoms with Gasteiger partial charge in [-0.2, -0.15) is 0 Å². The molecule has 0 bridgehead atoms. The Bertz CT molecular complexity index is 238. The van der Waals surface area contributed by atoms with Gasteiger partial charge in [-0.3, -0.25) is 0 Å². The van der Waals surface area contributed by atoms with Gasteiger partial charge in [-0.1, -0.05) is 18.2 Å². The molecule has 0 spiro atoms. The first kappa shape index (κ1) is 9.48. The van der Waals surface area contributed by atoms with Crippen LogP contribution >= 0.6 is 0 Å². The van der Waals surface area contributed by atoms with Gasteiger partial charge >= 0.3 is 0 Å². The van der Waals surface area contributed by atoms with E-state index in [1.807, 2.05) is 0 Å². The van der Waals surface area contributed by atoms with Crippen LogP contribution in [0.15, 0.2) is 18.2 Å². The zero-order chi connectivity index (χ0) is 8.97. The molecule has 0 aliphatic heterocycles. The third-order valence-corrected chi connectivity index (χ3v) is 4.11. The van der Waals surface area contributed by atoms with Crippen molar-refractivity contribution in [3.8, 4) is 0 Å². The lowest BCUT2D eigenvalue weighted by molar-refractivity contribution is 0.367. The summed E-state index contributed by atoms with van der Waals surface area (Å²) in [5.74, 6) is 0. The molecule has 12 heavy (non-hydrogen) atoms. The van der Waals surface area contributed by atoms with E-state index < -0.39 is 9.76 Å². The highest BCUT2D eigenvalue weighted by molar-refractivity contribution is 6.48. The molecule has 0 unspecified atom stereocenters. The van der Waals surface area contributed by atoms with Crippen molar-refractivity contribution < 1.29 is 4.43 Å². The van der Waals surface area contributed by atoms with Gasteiger partial charge in [0, 0.05) is 6.61 Å². The van der Waals surface area contributed by atoms with Crippen LogP contribution in [0.3, 0.4) is 0 Å². The molecule has 0 fully saturated rings. The minimum Gasteiger partial charge on any atom is -0.419 e. The Morgan fingerprint density at radius 3 is 2.33 bits per heavy atom. The molecule has 0 N–H and O–H groups in total. The largest absolute Gasteiger partial charge is 0.419 e. The van der Waals surface area contributed by atoms with Gasteiger partial charge in [0.1, 0.15) is 0 Å². The molecule has 1 nitrogen and oxygen atoms in total. The van der Waals surface area contributed by atoms with Crippen molar-refractivity contribution in [3.63, 3.8) is 0 Å². The molecule has 0 saturated carbocycles. The molecule has 0 aromatic heterocycles. The second-order valence-electron chi connectivity index (χ2n) is 3.01. The maximum atomic E-state index is 5.52. The molecule has 0 atom stereocenters. The summed E-state index contributed by atoms with van der Waals surface area (Å²) in [4.78, 5) is 0. The first-order chi connectivity index (χ1) is 5.75. The third kappa shape index (κ3) is 2.19. The molecule has 0 aliphatic rings. The van der Waals surface area contributed by atoms with Crippen LogP contribution in [0.2, 0.25) is 0 Å². The zero-order valence-electron chi connectivity index (χ0n) is 8.05. The third-order valence-electron chi connectivity index (χ3n) is 2.09. The molecule has 66 valence electrons. The number of rotatable bonds is 3. The fraction of sp³-hybridized carbons (Fsp3) is 0.400. The van der Waals surface area contributed by atoms with E-state index in [2.05, 4.69) is 39.0 Å². The molecule has 0 aliphatic carbocycles. The van der Waals surface area contributed by atoms with Gasteiger partial charge in [-0.15, -0.1) is 0 Å². The SMILES string of the molecule is CCO[SiH2]c1c(C)cccc1C. The smallest absolute Gasteiger partial charge is 0.192 e. The highest BCUT2D eigenvalue weighted by atomic mass is 28.2. The van der Waals surface area contributed by atoms with E-state index in [1.165, 1.54) is 16.3 Å². The van der Waals surface area contributed by atoms with Crippen LogP contribution in [-0.2, 0) is 4.43 Å². The van der Waals surface area contributed by atoms with Gasteiger partial charge in [0.2, 0.25) is 0 Å². The molecule has 0 radical (unpaired) electrons. The van der Waals surface area contributed by atoms with E-state index in [-0.39, 0.29) is 0 Å². The number of benzene rings is 1. The first-order valence-electron chi connectivity index (χ1n) is 4.38. The van der Waals surface area contributed by atoms with E-state index in [1.54, 1.807) is 0 Å². The summed E-state index contributed by atoms with van der Waals surface area (Å²) in [6.07, 6.45) is 0. The lowest BCUT2D eigenvalue weighted by Gasteiger charge is -2.08. The minimum atomic E-state index is -0.469. The van der Waals surface area contributed by atoms with Gasteiger partial charge in [0.15, 0.2) is 9.76 Å². The molecule has 1 rings (SSSR count). The van der Waals surface area contributed by atoms with Crippen molar-refractivity contribution in [2.75, 3.05) is 6.61 Å². The number of hydrogen-bond donors (Lipinski definition) is 0. The Balaban J connectivity index is 2.81. The van der Waals surface area contributed by atoms with Crippen LogP contribution in [0.1, 0.15) is 18.1 Å². The summed E-state index contributed by atoms with van der Waals surface area (Å²) in [5.41, 5.74) is 2.77. The quantitative estimate of drug-likeness (QED) is 0.632. The van der Waals surface area contributed by atoms with Gasteiger partial charge in [-0.25, -0.2) is 0 Å². The maximum absolute atomic E-state index is 5.52. The van der Waals surface area contributed by atoms with Crippen LogP contribution in [0.25, 0.3) is 0 Å². The van der Waals surface area contributed by atoms with Crippen molar-refractivity contribution in [1.82, 2.24) is 0 Å². The number of aryl methyl sites for hydroxylation is 2. The average Bonchev–Trinajstić information content (AvgIpc) is 2.04. The van der Waals surface area contributed by atoms with Crippen LogP contribution in [0, 0.1) is 13.8 Å². The zero-order valence-corrected chi connectivity index (χ0v) is 9.47. The number of hydrogen-bond acceptors (Lipinski definition) is 1. The lowest BCUT2D eigenvalue weighted by Crippen LogP contribution is -2.23. The molecule has 0 saturated heterocycles. The average molecular weight is 180 g/mol. The van der Waals surface area contributed by atoms with Gasteiger partial charge in [-0.05, 0) is 37.1 Å². The molecule has 0 amide bonds. The normalized spacial score (nSPS) is 11.2. The summed E-state index contributed by atoms with van der Waals surface area (Å²) < 4.78 is 5.52. The Hall–Kier alpha value is -0.603. The summed E-state index contributed by atoms with van der Waals surface area (Å²) in [5, 5.41) is 1.47. The predicted octanol–water partition coefficient (Wildman–Crippen LogP) is 1.05. The molecule has 1 aromatic rings. The van der Waals surface area contributed by atoms with Crippen molar-refractivity contribution in [3.05, 3.63) is 29.3 Å². The summed E-state index contributed by atoms with van der Waals surface area (Å²) in [6, 6.07) is 6.43. The van der Waals surface area contributed by atoms with Crippen molar-refractivity contribution in [1.29, 1.82) is 0 Å². The van der Waals surface area contributed by atoms with E-state index in [9.17, 15) is 0 Å². The van der Waals surface area contributed by atoms with Crippen molar-refractivity contribution >= 4 is 14.9 Å². The Morgan fingerprint density at radius 1 is 1.25 bits per heavy atom. The molecule has 2 heteroatoms. The second-order valence-corrected chi connectivity index (χ2v) is 4.41. The summed E-state index contributed by atoms with van der Waals surface area (Å²) >= 11 is 0. The van der Waals surface area contributed by atoms with Crippen LogP contribution in [-0.4, -0.2) is 16.4 Å². The summed E-state index contributed by atoms with van der Waals surface area (Å²) in [6.45, 7) is 7.23. The Morgan fingerprint density at radius 2 is 1.83 bits per heavy atom. The fourth-order valence-electron chi connectivity index (χ4n) is 1.28.